The van der Waals surface area contributed by atoms with Gasteiger partial charge in [-0.25, -0.2) is 22.0 Å². The summed E-state index contributed by atoms with van der Waals surface area (Å²) in [6.07, 6.45) is -5.50. The van der Waals surface area contributed by atoms with Crippen molar-refractivity contribution in [2.75, 3.05) is 0 Å². The van der Waals surface area contributed by atoms with Crippen LogP contribution in [-0.2, 0) is 14.8 Å². The van der Waals surface area contributed by atoms with Gasteiger partial charge >= 0.3 is 12.1 Å². The first kappa shape index (κ1) is 17.3. The summed E-state index contributed by atoms with van der Waals surface area (Å²) in [7, 11) is -5.27. The number of benzene rings is 1. The van der Waals surface area contributed by atoms with Crippen LogP contribution in [0, 0.1) is 11.6 Å². The molecule has 0 spiro atoms. The van der Waals surface area contributed by atoms with Crippen LogP contribution in [0.25, 0.3) is 0 Å². The molecule has 0 aliphatic heterocycles. The molecule has 0 saturated heterocycles. The van der Waals surface area contributed by atoms with E-state index in [1.807, 2.05) is 0 Å². The van der Waals surface area contributed by atoms with Gasteiger partial charge in [-0.3, -0.25) is 0 Å². The summed E-state index contributed by atoms with van der Waals surface area (Å²) in [6, 6.07) is 1.07. The van der Waals surface area contributed by atoms with Crippen LogP contribution in [0.5, 0.6) is 0 Å². The van der Waals surface area contributed by atoms with Crippen LogP contribution in [0.15, 0.2) is 23.1 Å². The van der Waals surface area contributed by atoms with Gasteiger partial charge in [0.15, 0.2) is 0 Å². The van der Waals surface area contributed by atoms with Gasteiger partial charge in [0.25, 0.3) is 0 Å². The standard InChI is InChI=1S/C10H8F5NO4S/c1-9(8(17)18,10(13,14)15)16-21(19,20)7-4-5(11)2-3-6(7)12/h2-4,16H,1H3,(H,17,18). The topological polar surface area (TPSA) is 83.5 Å². The van der Waals surface area contributed by atoms with Crippen molar-refractivity contribution in [1.82, 2.24) is 4.72 Å². The summed E-state index contributed by atoms with van der Waals surface area (Å²) in [5.41, 5.74) is -3.90. The second-order valence-corrected chi connectivity index (χ2v) is 5.76. The van der Waals surface area contributed by atoms with Crippen LogP contribution in [-0.4, -0.2) is 31.2 Å². The number of aliphatic carboxylic acids is 1. The van der Waals surface area contributed by atoms with Crippen molar-refractivity contribution >= 4 is 16.0 Å². The van der Waals surface area contributed by atoms with Crippen molar-refractivity contribution in [2.24, 2.45) is 0 Å². The SMILES string of the molecule is CC(NS(=O)(=O)c1cc(F)ccc1F)(C(=O)O)C(F)(F)F. The minimum absolute atomic E-state index is 0.0457. The van der Waals surface area contributed by atoms with E-state index in [0.717, 1.165) is 4.72 Å². The van der Waals surface area contributed by atoms with Gasteiger partial charge in [0, 0.05) is 0 Å². The van der Waals surface area contributed by atoms with Gasteiger partial charge in [-0.15, -0.1) is 0 Å². The molecule has 5 nitrogen and oxygen atoms in total. The highest BCUT2D eigenvalue weighted by molar-refractivity contribution is 7.89. The van der Waals surface area contributed by atoms with Gasteiger partial charge in [-0.2, -0.15) is 17.9 Å². The molecule has 0 saturated carbocycles. The molecule has 0 radical (unpaired) electrons. The number of rotatable bonds is 4. The van der Waals surface area contributed by atoms with Crippen molar-refractivity contribution in [2.45, 2.75) is 23.5 Å². The van der Waals surface area contributed by atoms with E-state index in [2.05, 4.69) is 0 Å². The van der Waals surface area contributed by atoms with Crippen LogP contribution >= 0.6 is 0 Å². The predicted octanol–water partition coefficient (Wildman–Crippen LogP) is 1.65. The average molecular weight is 333 g/mol. The third-order valence-electron chi connectivity index (χ3n) is 2.52. The second kappa shape index (κ2) is 5.22. The number of sulfonamides is 1. The monoisotopic (exact) mass is 333 g/mol. The molecule has 1 unspecified atom stereocenters. The molecule has 0 aliphatic carbocycles. The average Bonchev–Trinajstić information content (AvgIpc) is 2.29. The molecule has 118 valence electrons. The van der Waals surface area contributed by atoms with Crippen molar-refractivity contribution in [3.8, 4) is 0 Å². The maximum absolute atomic E-state index is 13.3. The Morgan fingerprint density at radius 3 is 2.19 bits per heavy atom. The highest BCUT2D eigenvalue weighted by atomic mass is 32.2. The lowest BCUT2D eigenvalue weighted by molar-refractivity contribution is -0.201. The minimum Gasteiger partial charge on any atom is -0.480 e. The Kier molecular flexibility index (Phi) is 4.30. The third-order valence-corrected chi connectivity index (χ3v) is 4.08. The number of halogens is 5. The van der Waals surface area contributed by atoms with Gasteiger partial charge in [0.05, 0.1) is 0 Å². The van der Waals surface area contributed by atoms with Crippen molar-refractivity contribution in [1.29, 1.82) is 0 Å². The normalized spacial score (nSPS) is 15.5. The Hall–Kier alpha value is -1.75. The molecule has 0 amide bonds. The third kappa shape index (κ3) is 3.29. The smallest absolute Gasteiger partial charge is 0.418 e. The molecular weight excluding hydrogens is 325 g/mol. The summed E-state index contributed by atoms with van der Waals surface area (Å²) < 4.78 is 88.6. The van der Waals surface area contributed by atoms with Crippen molar-refractivity contribution < 1.29 is 40.3 Å². The molecule has 1 rings (SSSR count). The first-order valence-electron chi connectivity index (χ1n) is 5.10. The first-order chi connectivity index (χ1) is 9.31. The molecule has 2 N–H and O–H groups in total. The zero-order chi connectivity index (χ0) is 16.6. The molecule has 0 fully saturated rings. The molecule has 1 aromatic carbocycles. The lowest BCUT2D eigenvalue weighted by Crippen LogP contribution is -2.61. The summed E-state index contributed by atoms with van der Waals surface area (Å²) in [4.78, 5) is 9.28. The zero-order valence-corrected chi connectivity index (χ0v) is 11.0. The van der Waals surface area contributed by atoms with Gasteiger partial charge in [0.1, 0.15) is 16.5 Å². The van der Waals surface area contributed by atoms with Crippen LogP contribution in [0.3, 0.4) is 0 Å². The Balaban J connectivity index is 3.39. The fourth-order valence-electron chi connectivity index (χ4n) is 1.23. The van der Waals surface area contributed by atoms with E-state index in [0.29, 0.717) is 12.1 Å². The number of carbonyl (C=O) groups is 1. The summed E-state index contributed by atoms with van der Waals surface area (Å²) in [6.45, 7) is 0.0457. The molecule has 1 aromatic rings. The van der Waals surface area contributed by atoms with Gasteiger partial charge in [-0.1, -0.05) is 0 Å². The van der Waals surface area contributed by atoms with E-state index < -0.39 is 44.2 Å². The number of carboxylic acids is 1. The lowest BCUT2D eigenvalue weighted by Gasteiger charge is -2.28. The fourth-order valence-corrected chi connectivity index (χ4v) is 2.67. The van der Waals surface area contributed by atoms with E-state index >= 15 is 0 Å². The van der Waals surface area contributed by atoms with Crippen LogP contribution in [0.1, 0.15) is 6.92 Å². The lowest BCUT2D eigenvalue weighted by atomic mass is 10.0. The van der Waals surface area contributed by atoms with Crippen LogP contribution < -0.4 is 4.72 Å². The van der Waals surface area contributed by atoms with E-state index in [1.54, 1.807) is 0 Å². The molecule has 11 heteroatoms. The predicted molar refractivity (Wildman–Crippen MR) is 58.8 cm³/mol. The summed E-state index contributed by atoms with van der Waals surface area (Å²) in [5, 5.41) is 8.59. The van der Waals surface area contributed by atoms with Gasteiger partial charge in [-0.05, 0) is 25.1 Å². The summed E-state index contributed by atoms with van der Waals surface area (Å²) >= 11 is 0. The van der Waals surface area contributed by atoms with Crippen molar-refractivity contribution in [3.05, 3.63) is 29.8 Å². The van der Waals surface area contributed by atoms with Gasteiger partial charge in [0.2, 0.25) is 15.6 Å². The van der Waals surface area contributed by atoms with E-state index in [-0.39, 0.29) is 13.0 Å². The van der Waals surface area contributed by atoms with E-state index in [9.17, 15) is 35.2 Å². The highest BCUT2D eigenvalue weighted by Crippen LogP contribution is 2.32. The molecule has 0 bridgehead atoms. The summed E-state index contributed by atoms with van der Waals surface area (Å²) in [5.74, 6) is -5.30. The minimum atomic E-state index is -5.50. The fraction of sp³-hybridized carbons (Fsp3) is 0.300. The second-order valence-electron chi connectivity index (χ2n) is 4.11. The number of nitrogens with one attached hydrogen (secondary N) is 1. The Labute approximate surface area is 115 Å². The van der Waals surface area contributed by atoms with Crippen LogP contribution in [0.4, 0.5) is 22.0 Å². The quantitative estimate of drug-likeness (QED) is 0.821. The largest absolute Gasteiger partial charge is 0.480 e. The molecule has 0 aliphatic rings. The molecule has 0 heterocycles. The molecular formula is C10H8F5NO4S. The van der Waals surface area contributed by atoms with E-state index in [4.69, 9.17) is 5.11 Å². The molecule has 21 heavy (non-hydrogen) atoms. The number of carboxylic acid groups (broad SMARTS) is 1. The maximum atomic E-state index is 13.3. The Morgan fingerprint density at radius 1 is 1.24 bits per heavy atom. The Morgan fingerprint density at radius 2 is 1.76 bits per heavy atom. The maximum Gasteiger partial charge on any atom is 0.418 e. The first-order valence-corrected chi connectivity index (χ1v) is 6.59. The number of alkyl halides is 3. The zero-order valence-electron chi connectivity index (χ0n) is 10.2. The Bertz CT molecular complexity index is 673. The highest BCUT2D eigenvalue weighted by Gasteiger charge is 2.59. The molecule has 0 aromatic heterocycles. The number of hydrogen-bond donors (Lipinski definition) is 2. The van der Waals surface area contributed by atoms with Crippen LogP contribution in [0.2, 0.25) is 0 Å². The van der Waals surface area contributed by atoms with Gasteiger partial charge < -0.3 is 5.11 Å². The van der Waals surface area contributed by atoms with E-state index in [1.165, 1.54) is 0 Å². The van der Waals surface area contributed by atoms with Crippen molar-refractivity contribution in [3.63, 3.8) is 0 Å². The number of hydrogen-bond acceptors (Lipinski definition) is 3. The molecule has 1 atom stereocenters.